The van der Waals surface area contributed by atoms with Gasteiger partial charge in [-0.2, -0.15) is 0 Å². The molecule has 0 aliphatic heterocycles. The zero-order valence-corrected chi connectivity index (χ0v) is 11.1. The van der Waals surface area contributed by atoms with Crippen LogP contribution in [0.4, 0.5) is 5.82 Å². The second kappa shape index (κ2) is 5.22. The van der Waals surface area contributed by atoms with E-state index in [1.807, 2.05) is 0 Å². The first-order chi connectivity index (χ1) is 8.87. The largest absolute Gasteiger partial charge is 0.368 e. The van der Waals surface area contributed by atoms with E-state index in [9.17, 15) is 4.57 Å². The lowest BCUT2D eigenvalue weighted by Crippen LogP contribution is -2.41. The first-order valence-corrected chi connectivity index (χ1v) is 7.30. The second-order valence-corrected chi connectivity index (χ2v) is 5.74. The summed E-state index contributed by atoms with van der Waals surface area (Å²) in [7, 11) is -4.16. The maximum Gasteiger partial charge on any atom is 0.350 e. The Balaban J connectivity index is 2.11. The predicted octanol–water partition coefficient (Wildman–Crippen LogP) is -0.632. The van der Waals surface area contributed by atoms with E-state index in [-0.39, 0.29) is 0 Å². The van der Waals surface area contributed by atoms with Crippen molar-refractivity contribution in [2.24, 2.45) is 0 Å². The minimum atomic E-state index is -4.16. The minimum absolute atomic E-state index is 0.340. The highest BCUT2D eigenvalue weighted by molar-refractivity contribution is 7.51. The third-order valence-corrected chi connectivity index (χ3v) is 2.95. The van der Waals surface area contributed by atoms with Crippen molar-refractivity contribution in [1.82, 2.24) is 15.0 Å². The van der Waals surface area contributed by atoms with Crippen LogP contribution < -0.4 is 10.3 Å². The molecule has 5 N–H and O–H groups in total. The highest BCUT2D eigenvalue weighted by Crippen LogP contribution is 2.34. The third-order valence-electron chi connectivity index (χ3n) is 2.46. The highest BCUT2D eigenvalue weighted by Gasteiger charge is 2.19. The molecule has 2 aromatic rings. The molecule has 0 aromatic carbocycles. The van der Waals surface area contributed by atoms with Gasteiger partial charge in [0.15, 0.2) is 11.8 Å². The van der Waals surface area contributed by atoms with E-state index in [2.05, 4.69) is 15.0 Å². The number of fused-ring (bicyclic) bond motifs is 1. The summed E-state index contributed by atoms with van der Waals surface area (Å²) in [5.41, 5.74) is 6.91. The molecule has 0 fully saturated rings. The molecule has 0 aliphatic rings. The van der Waals surface area contributed by atoms with Crippen molar-refractivity contribution in [3.05, 3.63) is 12.7 Å². The lowest BCUT2D eigenvalue weighted by molar-refractivity contribution is -0.682. The van der Waals surface area contributed by atoms with E-state index in [1.54, 1.807) is 11.5 Å². The smallest absolute Gasteiger partial charge is 0.350 e. The zero-order valence-electron chi connectivity index (χ0n) is 10.2. The van der Waals surface area contributed by atoms with Gasteiger partial charge in [-0.15, -0.1) is 0 Å². The number of imidazole rings is 1. The number of anilines is 1. The van der Waals surface area contributed by atoms with E-state index in [1.165, 1.54) is 12.7 Å². The van der Waals surface area contributed by atoms with Gasteiger partial charge in [-0.25, -0.2) is 4.57 Å². The lowest BCUT2D eigenvalue weighted by atomic mass is 10.4. The van der Waals surface area contributed by atoms with Gasteiger partial charge < -0.3 is 25.2 Å². The number of aromatic nitrogens is 4. The Labute approximate surface area is 108 Å². The lowest BCUT2D eigenvalue weighted by Gasteiger charge is -2.12. The summed E-state index contributed by atoms with van der Waals surface area (Å²) < 4.78 is 17.5. The van der Waals surface area contributed by atoms with Crippen molar-refractivity contribution in [1.29, 1.82) is 0 Å². The van der Waals surface area contributed by atoms with Gasteiger partial charge in [0.05, 0.1) is 12.6 Å². The molecule has 2 aromatic heterocycles. The fourth-order valence-electron chi connectivity index (χ4n) is 1.63. The second-order valence-electron chi connectivity index (χ2n) is 4.15. The summed E-state index contributed by atoms with van der Waals surface area (Å²) in [5, 5.41) is 0. The number of hydrogen-bond acceptors (Lipinski definition) is 5. The summed E-state index contributed by atoms with van der Waals surface area (Å²) >= 11 is 0. The number of nitrogens with zero attached hydrogens (tertiary/aromatic N) is 3. The molecule has 0 saturated heterocycles. The standard InChI is InChI=1S/C9H14N5O4P/c1-6(18-5-19(15,16)17)2-14-4-13-8(10)7-9(14)12-3-11-7/h3-4,6H,2,5H2,1H3,(H4,10,11,12,15,16,17)/p+1/t6-/m1/s1. The molecule has 9 nitrogen and oxygen atoms in total. The maximum atomic E-state index is 10.7. The number of nitrogens with two attached hydrogens (primary N) is 1. The predicted molar refractivity (Wildman–Crippen MR) is 66.0 cm³/mol. The Kier molecular flexibility index (Phi) is 3.81. The number of ether oxygens (including phenoxy) is 1. The van der Waals surface area contributed by atoms with Gasteiger partial charge >= 0.3 is 7.60 Å². The van der Waals surface area contributed by atoms with Crippen molar-refractivity contribution in [2.75, 3.05) is 12.1 Å². The monoisotopic (exact) mass is 288 g/mol. The maximum absolute atomic E-state index is 10.7. The fraction of sp³-hybridized carbons (Fsp3) is 0.444. The van der Waals surface area contributed by atoms with E-state index in [0.717, 1.165) is 0 Å². The van der Waals surface area contributed by atoms with Crippen molar-refractivity contribution >= 4 is 24.6 Å². The molecule has 0 spiro atoms. The SMILES string of the molecule is C[C@H](C[n+]1cnc(N)c2[nH]cnc21)OCP(=O)(O)O. The molecule has 104 valence electrons. The topological polar surface area (TPSA) is 138 Å². The molecule has 1 atom stereocenters. The van der Waals surface area contributed by atoms with Gasteiger partial charge in [0.1, 0.15) is 6.35 Å². The van der Waals surface area contributed by atoms with Crippen LogP contribution in [0.5, 0.6) is 0 Å². The van der Waals surface area contributed by atoms with Crippen LogP contribution in [-0.2, 0) is 15.8 Å². The van der Waals surface area contributed by atoms with E-state index in [4.69, 9.17) is 20.3 Å². The number of rotatable bonds is 5. The Morgan fingerprint density at radius 1 is 1.58 bits per heavy atom. The quantitative estimate of drug-likeness (QED) is 0.424. The van der Waals surface area contributed by atoms with Crippen LogP contribution in [0.3, 0.4) is 0 Å². The van der Waals surface area contributed by atoms with Crippen LogP contribution in [0.15, 0.2) is 12.7 Å². The summed E-state index contributed by atoms with van der Waals surface area (Å²) in [4.78, 5) is 28.5. The summed E-state index contributed by atoms with van der Waals surface area (Å²) in [5.74, 6) is 0.340. The normalized spacial score (nSPS) is 13.8. The van der Waals surface area contributed by atoms with E-state index >= 15 is 0 Å². The van der Waals surface area contributed by atoms with Crippen LogP contribution in [0.25, 0.3) is 11.2 Å². The van der Waals surface area contributed by atoms with Crippen molar-refractivity contribution in [3.63, 3.8) is 0 Å². The van der Waals surface area contributed by atoms with E-state index in [0.29, 0.717) is 23.5 Å². The fourth-order valence-corrected chi connectivity index (χ4v) is 2.08. The molecule has 0 bridgehead atoms. The van der Waals surface area contributed by atoms with Crippen molar-refractivity contribution < 1.29 is 23.7 Å². The molecule has 2 heterocycles. The van der Waals surface area contributed by atoms with E-state index < -0.39 is 20.0 Å². The Bertz CT molecular complexity index is 624. The molecular formula is C9H15N5O4P+. The molecular weight excluding hydrogens is 273 g/mol. The first kappa shape index (κ1) is 13.9. The van der Waals surface area contributed by atoms with Gasteiger partial charge in [-0.1, -0.05) is 9.97 Å². The van der Waals surface area contributed by atoms with Gasteiger partial charge in [0.2, 0.25) is 12.1 Å². The molecule has 0 radical (unpaired) electrons. The molecule has 10 heteroatoms. The van der Waals surface area contributed by atoms with Gasteiger partial charge in [-0.05, 0) is 6.92 Å². The molecule has 2 rings (SSSR count). The van der Waals surface area contributed by atoms with Gasteiger partial charge in [0, 0.05) is 0 Å². The number of H-pyrrole nitrogens is 1. The summed E-state index contributed by atoms with van der Waals surface area (Å²) in [6.07, 6.45) is 2.00. The Morgan fingerprint density at radius 3 is 3.00 bits per heavy atom. The third kappa shape index (κ3) is 3.48. The number of nitrogens with one attached hydrogen (secondary N) is 1. The zero-order chi connectivity index (χ0) is 14.0. The van der Waals surface area contributed by atoms with Crippen LogP contribution in [-0.4, -0.2) is 37.2 Å². The van der Waals surface area contributed by atoms with Crippen molar-refractivity contribution in [2.45, 2.75) is 19.6 Å². The number of hydrogen-bond donors (Lipinski definition) is 4. The summed E-state index contributed by atoms with van der Waals surface area (Å²) in [6, 6.07) is 0. The number of nitrogen functional groups attached to an aromatic ring is 1. The minimum Gasteiger partial charge on any atom is -0.368 e. The number of aromatic amines is 1. The Hall–Kier alpha value is -1.54. The Morgan fingerprint density at radius 2 is 2.32 bits per heavy atom. The van der Waals surface area contributed by atoms with Crippen LogP contribution >= 0.6 is 7.60 Å². The molecule has 19 heavy (non-hydrogen) atoms. The van der Waals surface area contributed by atoms with Crippen LogP contribution in [0.1, 0.15) is 6.92 Å². The van der Waals surface area contributed by atoms with Gasteiger partial charge in [0.25, 0.3) is 5.65 Å². The summed E-state index contributed by atoms with van der Waals surface area (Å²) in [6.45, 7) is 2.06. The molecule has 0 unspecified atom stereocenters. The van der Waals surface area contributed by atoms with Crippen molar-refractivity contribution in [3.8, 4) is 0 Å². The molecule has 0 saturated carbocycles. The average Bonchev–Trinajstić information content (AvgIpc) is 2.79. The van der Waals surface area contributed by atoms with Gasteiger partial charge in [-0.3, -0.25) is 4.57 Å². The highest BCUT2D eigenvalue weighted by atomic mass is 31.2. The van der Waals surface area contributed by atoms with Crippen LogP contribution in [0, 0.1) is 0 Å². The average molecular weight is 288 g/mol. The first-order valence-electron chi connectivity index (χ1n) is 5.50. The molecule has 0 amide bonds. The molecule has 0 aliphatic carbocycles. The van der Waals surface area contributed by atoms with Crippen LogP contribution in [0.2, 0.25) is 0 Å².